The van der Waals surface area contributed by atoms with Crippen LogP contribution in [0.3, 0.4) is 0 Å². The van der Waals surface area contributed by atoms with Crippen LogP contribution >= 0.6 is 11.3 Å². The second-order valence-corrected chi connectivity index (χ2v) is 11.9. The first-order valence-corrected chi connectivity index (χ1v) is 15.0. The summed E-state index contributed by atoms with van der Waals surface area (Å²) in [6, 6.07) is 21.5. The molecule has 2 aliphatic rings. The Hall–Kier alpha value is -5.09. The smallest absolute Gasteiger partial charge is 0.270 e. The molecule has 0 saturated carbocycles. The maximum Gasteiger partial charge on any atom is 0.270 e. The lowest BCUT2D eigenvalue weighted by atomic mass is 9.95. The van der Waals surface area contributed by atoms with Gasteiger partial charge >= 0.3 is 0 Å². The molecule has 9 nitrogen and oxygen atoms in total. The molecular formula is C34H31N5O4S. The van der Waals surface area contributed by atoms with Crippen molar-refractivity contribution in [3.05, 3.63) is 120 Å². The molecule has 2 atom stereocenters. The van der Waals surface area contributed by atoms with E-state index in [2.05, 4.69) is 10.4 Å². The molecule has 0 spiro atoms. The average Bonchev–Trinajstić information content (AvgIpc) is 3.48. The predicted octanol–water partition coefficient (Wildman–Crippen LogP) is 4.49. The van der Waals surface area contributed by atoms with Crippen molar-refractivity contribution in [3.8, 4) is 5.75 Å². The third kappa shape index (κ3) is 5.17. The molecule has 3 aromatic carbocycles. The van der Waals surface area contributed by atoms with E-state index in [1.54, 1.807) is 43.7 Å². The molecule has 2 amide bonds. The number of ether oxygens (including phenoxy) is 1. The van der Waals surface area contributed by atoms with Gasteiger partial charge in [-0.25, -0.2) is 4.99 Å². The Labute approximate surface area is 258 Å². The van der Waals surface area contributed by atoms with Crippen LogP contribution in [0.1, 0.15) is 36.6 Å². The summed E-state index contributed by atoms with van der Waals surface area (Å²) in [4.78, 5) is 46.7. The molecule has 1 aromatic heterocycles. The number of hydrazone groups is 1. The summed E-state index contributed by atoms with van der Waals surface area (Å²) in [6.45, 7) is 7.49. The number of methoxy groups -OCH3 is 1. The summed E-state index contributed by atoms with van der Waals surface area (Å²) < 4.78 is 7.26. The molecule has 1 N–H and O–H groups in total. The first-order chi connectivity index (χ1) is 21.2. The first-order valence-electron chi connectivity index (χ1n) is 14.2. The van der Waals surface area contributed by atoms with E-state index in [0.29, 0.717) is 43.4 Å². The lowest BCUT2D eigenvalue weighted by molar-refractivity contribution is -0.118. The largest absolute Gasteiger partial charge is 0.497 e. The molecule has 222 valence electrons. The van der Waals surface area contributed by atoms with Gasteiger partial charge in [-0.05, 0) is 75.2 Å². The number of hydrogen-bond donors (Lipinski definition) is 1. The van der Waals surface area contributed by atoms with Crippen LogP contribution in [0.4, 0.5) is 11.4 Å². The van der Waals surface area contributed by atoms with Gasteiger partial charge < -0.3 is 10.1 Å². The number of fused-ring (bicyclic) bond motifs is 1. The van der Waals surface area contributed by atoms with Gasteiger partial charge in [-0.1, -0.05) is 59.4 Å². The Balaban J connectivity index is 1.44. The second-order valence-electron chi connectivity index (χ2n) is 10.9. The van der Waals surface area contributed by atoms with E-state index in [4.69, 9.17) is 9.73 Å². The number of para-hydroxylation sites is 1. The lowest BCUT2D eigenvalue weighted by Gasteiger charge is -2.25. The molecule has 4 aromatic rings. The van der Waals surface area contributed by atoms with E-state index < -0.39 is 12.0 Å². The van der Waals surface area contributed by atoms with Crippen molar-refractivity contribution in [2.75, 3.05) is 17.4 Å². The van der Waals surface area contributed by atoms with E-state index in [1.807, 2.05) is 74.5 Å². The average molecular weight is 606 g/mol. The number of allylic oxidation sites excluding steroid dienone is 1. The molecule has 0 unspecified atom stereocenters. The van der Waals surface area contributed by atoms with Gasteiger partial charge in [0.1, 0.15) is 11.7 Å². The minimum atomic E-state index is -0.750. The highest BCUT2D eigenvalue weighted by atomic mass is 32.1. The maximum absolute atomic E-state index is 14.1. The van der Waals surface area contributed by atoms with E-state index in [9.17, 15) is 14.4 Å². The molecule has 3 heterocycles. The molecule has 0 aliphatic carbocycles. The number of carbonyl (C=O) groups is 2. The van der Waals surface area contributed by atoms with Gasteiger partial charge in [0.25, 0.3) is 17.4 Å². The highest BCUT2D eigenvalue weighted by molar-refractivity contribution is 7.07. The van der Waals surface area contributed by atoms with Crippen molar-refractivity contribution in [1.82, 2.24) is 4.57 Å². The van der Waals surface area contributed by atoms with Crippen LogP contribution in [0.2, 0.25) is 0 Å². The number of carbonyl (C=O) groups excluding carboxylic acids is 2. The van der Waals surface area contributed by atoms with Crippen LogP contribution in [-0.2, 0) is 9.59 Å². The van der Waals surface area contributed by atoms with E-state index in [1.165, 1.54) is 16.3 Å². The van der Waals surface area contributed by atoms with Crippen LogP contribution in [0, 0.1) is 19.8 Å². The van der Waals surface area contributed by atoms with Gasteiger partial charge in [0.2, 0.25) is 0 Å². The van der Waals surface area contributed by atoms with Gasteiger partial charge in [0.05, 0.1) is 40.4 Å². The fraction of sp³-hybridized carbons (Fsp3) is 0.206. The van der Waals surface area contributed by atoms with Crippen LogP contribution in [0.15, 0.2) is 99.0 Å². The number of amides is 2. The van der Waals surface area contributed by atoms with Crippen LogP contribution in [-0.4, -0.2) is 29.2 Å². The minimum absolute atomic E-state index is 0.240. The molecule has 2 aliphatic heterocycles. The molecule has 10 heteroatoms. The Morgan fingerprint density at radius 1 is 0.977 bits per heavy atom. The van der Waals surface area contributed by atoms with Crippen molar-refractivity contribution in [2.45, 2.75) is 33.7 Å². The number of hydrogen-bond acceptors (Lipinski definition) is 7. The van der Waals surface area contributed by atoms with Crippen molar-refractivity contribution >= 4 is 46.3 Å². The zero-order valence-corrected chi connectivity index (χ0v) is 25.8. The number of thiazole rings is 1. The third-order valence-corrected chi connectivity index (χ3v) is 8.83. The van der Waals surface area contributed by atoms with Crippen molar-refractivity contribution < 1.29 is 14.3 Å². The Bertz CT molecular complexity index is 2040. The number of aromatic nitrogens is 1. The number of rotatable bonds is 6. The molecule has 0 fully saturated rings. The molecular weight excluding hydrogens is 574 g/mol. The number of anilines is 2. The van der Waals surface area contributed by atoms with Gasteiger partial charge in [0, 0.05) is 5.69 Å². The van der Waals surface area contributed by atoms with Gasteiger partial charge in [-0.3, -0.25) is 19.0 Å². The fourth-order valence-corrected chi connectivity index (χ4v) is 6.60. The summed E-state index contributed by atoms with van der Waals surface area (Å²) in [7, 11) is 1.58. The van der Waals surface area contributed by atoms with E-state index in [0.717, 1.165) is 16.7 Å². The number of benzene rings is 3. The van der Waals surface area contributed by atoms with Crippen LogP contribution in [0.25, 0.3) is 6.08 Å². The molecule has 0 radical (unpaired) electrons. The highest BCUT2D eigenvalue weighted by Gasteiger charge is 2.35. The van der Waals surface area contributed by atoms with Crippen LogP contribution in [0.5, 0.6) is 5.75 Å². The first kappa shape index (κ1) is 29.0. The zero-order chi connectivity index (χ0) is 31.1. The zero-order valence-electron chi connectivity index (χ0n) is 25.0. The lowest BCUT2D eigenvalue weighted by Crippen LogP contribution is -2.41. The molecule has 0 bridgehead atoms. The van der Waals surface area contributed by atoms with Gasteiger partial charge in [0.15, 0.2) is 4.80 Å². The summed E-state index contributed by atoms with van der Waals surface area (Å²) in [5, 5.41) is 8.88. The molecule has 0 saturated heterocycles. The van der Waals surface area contributed by atoms with Crippen molar-refractivity contribution in [1.29, 1.82) is 0 Å². The standard InChI is InChI=1S/C34H31N5O4S/c1-19-11-16-27(20(2)17-19)36-31(40)29-22(4)35-34-38(30(29)23-12-14-25(43-5)15-13-23)33(42)28(44-34)18-26-21(3)37-39(32(26)41)24-9-7-6-8-10-24/h6-18,26,30H,1-5H3,(H,36,40)/b28-18+/t26-,30+/m1/s1. The molecule has 44 heavy (non-hydrogen) atoms. The van der Waals surface area contributed by atoms with Crippen LogP contribution < -0.4 is 30.0 Å². The third-order valence-electron chi connectivity index (χ3n) is 7.83. The predicted molar refractivity (Wildman–Crippen MR) is 173 cm³/mol. The fourth-order valence-electron chi connectivity index (χ4n) is 5.55. The second kappa shape index (κ2) is 11.5. The Morgan fingerprint density at radius 3 is 2.39 bits per heavy atom. The monoisotopic (exact) mass is 605 g/mol. The quantitative estimate of drug-likeness (QED) is 0.350. The Kier molecular flexibility index (Phi) is 7.60. The Morgan fingerprint density at radius 2 is 1.70 bits per heavy atom. The number of nitrogens with one attached hydrogen (secondary N) is 1. The van der Waals surface area contributed by atoms with Crippen molar-refractivity contribution in [2.24, 2.45) is 16.0 Å². The SMILES string of the molecule is COc1ccc([C@H]2C(C(=O)Nc3ccc(C)cc3C)=C(C)N=c3s/c(=C/[C@H]4C(=O)N(c5ccccc5)N=C4C)c(=O)n32)cc1. The minimum Gasteiger partial charge on any atom is -0.497 e. The highest BCUT2D eigenvalue weighted by Crippen LogP contribution is 2.32. The maximum atomic E-state index is 14.1. The summed E-state index contributed by atoms with van der Waals surface area (Å²) in [5.41, 5.74) is 5.20. The van der Waals surface area contributed by atoms with Crippen molar-refractivity contribution in [3.63, 3.8) is 0 Å². The summed E-state index contributed by atoms with van der Waals surface area (Å²) in [6.07, 6.45) is 1.66. The van der Waals surface area contributed by atoms with E-state index in [-0.39, 0.29) is 17.4 Å². The molecule has 6 rings (SSSR count). The topological polar surface area (TPSA) is 105 Å². The number of nitrogens with zero attached hydrogens (tertiary/aromatic N) is 4. The van der Waals surface area contributed by atoms with Gasteiger partial charge in [-0.15, -0.1) is 0 Å². The summed E-state index contributed by atoms with van der Waals surface area (Å²) >= 11 is 1.19. The summed E-state index contributed by atoms with van der Waals surface area (Å²) in [5.74, 6) is -0.637. The number of aryl methyl sites for hydroxylation is 2. The normalized spacial score (nSPS) is 18.2. The van der Waals surface area contributed by atoms with Gasteiger partial charge in [-0.2, -0.15) is 10.1 Å². The van der Waals surface area contributed by atoms with E-state index >= 15 is 0 Å².